The Bertz CT molecular complexity index is 306. The van der Waals surface area contributed by atoms with Crippen molar-refractivity contribution in [3.05, 3.63) is 0 Å². The van der Waals surface area contributed by atoms with Crippen molar-refractivity contribution in [2.24, 2.45) is 5.92 Å². The Morgan fingerprint density at radius 2 is 2.29 bits per heavy atom. The van der Waals surface area contributed by atoms with E-state index in [0.717, 1.165) is 0 Å². The number of nitrogens with one attached hydrogen (secondary N) is 1. The number of nitrogens with zero attached hydrogens (tertiary/aromatic N) is 4. The second-order valence-electron chi connectivity index (χ2n) is 3.48. The van der Waals surface area contributed by atoms with Gasteiger partial charge in [0.05, 0.1) is 0 Å². The zero-order chi connectivity index (χ0) is 10.6. The van der Waals surface area contributed by atoms with Gasteiger partial charge in [-0.2, -0.15) is 0 Å². The van der Waals surface area contributed by atoms with Crippen LogP contribution in [-0.4, -0.2) is 26.1 Å². The normalized spacial score (nSPS) is 10.6. The van der Waals surface area contributed by atoms with Crippen LogP contribution >= 0.6 is 0 Å². The smallest absolute Gasteiger partial charge is 0.249 e. The van der Waals surface area contributed by atoms with E-state index in [1.165, 1.54) is 0 Å². The predicted octanol–water partition coefficient (Wildman–Crippen LogP) is 0.678. The van der Waals surface area contributed by atoms with Crippen molar-refractivity contribution < 1.29 is 4.79 Å². The van der Waals surface area contributed by atoms with E-state index in [4.69, 9.17) is 0 Å². The molecule has 78 valence electrons. The van der Waals surface area contributed by atoms with Crippen LogP contribution in [0.15, 0.2) is 0 Å². The topological polar surface area (TPSA) is 72.7 Å². The molecule has 0 bridgehead atoms. The van der Waals surface area contributed by atoms with Gasteiger partial charge in [0.2, 0.25) is 11.9 Å². The summed E-state index contributed by atoms with van der Waals surface area (Å²) in [6.45, 7) is 6.61. The Morgan fingerprint density at radius 1 is 1.57 bits per heavy atom. The zero-order valence-electron chi connectivity index (χ0n) is 8.69. The molecule has 0 atom stereocenters. The lowest BCUT2D eigenvalue weighted by molar-refractivity contribution is -0.115. The highest BCUT2D eigenvalue weighted by molar-refractivity contribution is 5.88. The average molecular weight is 197 g/mol. The van der Waals surface area contributed by atoms with Crippen LogP contribution in [0.1, 0.15) is 27.2 Å². The molecule has 1 amide bonds. The van der Waals surface area contributed by atoms with Crippen LogP contribution in [0.25, 0.3) is 0 Å². The Balaban J connectivity index is 2.67. The molecule has 0 aromatic carbocycles. The number of hydrogen-bond acceptors (Lipinski definition) is 4. The molecule has 0 saturated carbocycles. The summed E-state index contributed by atoms with van der Waals surface area (Å²) in [7, 11) is 0. The third kappa shape index (κ3) is 2.79. The molecule has 0 saturated heterocycles. The molecular weight excluding hydrogens is 182 g/mol. The first kappa shape index (κ1) is 10.6. The molecule has 1 N–H and O–H groups in total. The molecule has 0 aliphatic carbocycles. The number of amides is 1. The number of anilines is 1. The number of rotatable bonds is 4. The van der Waals surface area contributed by atoms with Crippen LogP contribution < -0.4 is 5.32 Å². The molecular formula is C8H15N5O. The fourth-order valence-corrected chi connectivity index (χ4v) is 0.976. The van der Waals surface area contributed by atoms with E-state index in [9.17, 15) is 4.79 Å². The summed E-state index contributed by atoms with van der Waals surface area (Å²) < 4.78 is 1.60. The molecule has 0 spiro atoms. The summed E-state index contributed by atoms with van der Waals surface area (Å²) in [6.07, 6.45) is 0.425. The Labute approximate surface area is 82.7 Å². The van der Waals surface area contributed by atoms with Crippen LogP contribution in [-0.2, 0) is 11.3 Å². The summed E-state index contributed by atoms with van der Waals surface area (Å²) in [5, 5.41) is 13.7. The molecule has 1 heterocycles. The summed E-state index contributed by atoms with van der Waals surface area (Å²) in [4.78, 5) is 11.1. The molecule has 1 aromatic heterocycles. The maximum atomic E-state index is 11.1. The number of carbonyl (C=O) groups excluding carboxylic acids is 1. The third-order valence-corrected chi connectivity index (χ3v) is 1.64. The van der Waals surface area contributed by atoms with Gasteiger partial charge >= 0.3 is 0 Å². The van der Waals surface area contributed by atoms with Crippen molar-refractivity contribution in [2.75, 3.05) is 5.32 Å². The second kappa shape index (κ2) is 4.69. The van der Waals surface area contributed by atoms with Gasteiger partial charge in [-0.1, -0.05) is 25.9 Å². The minimum absolute atomic E-state index is 0.0789. The van der Waals surface area contributed by atoms with Gasteiger partial charge in [-0.3, -0.25) is 10.1 Å². The van der Waals surface area contributed by atoms with Gasteiger partial charge in [-0.15, -0.1) is 0 Å². The third-order valence-electron chi connectivity index (χ3n) is 1.64. The summed E-state index contributed by atoms with van der Waals surface area (Å²) >= 11 is 0. The van der Waals surface area contributed by atoms with E-state index < -0.39 is 0 Å². The van der Waals surface area contributed by atoms with E-state index >= 15 is 0 Å². The fraction of sp³-hybridized carbons (Fsp3) is 0.750. The molecule has 0 radical (unpaired) electrons. The van der Waals surface area contributed by atoms with Gasteiger partial charge in [-0.05, 0) is 16.3 Å². The van der Waals surface area contributed by atoms with Gasteiger partial charge in [0.25, 0.3) is 0 Å². The maximum absolute atomic E-state index is 11.1. The zero-order valence-corrected chi connectivity index (χ0v) is 8.69. The lowest BCUT2D eigenvalue weighted by Gasteiger charge is -2.06. The quantitative estimate of drug-likeness (QED) is 0.770. The number of aromatic nitrogens is 4. The summed E-state index contributed by atoms with van der Waals surface area (Å²) in [5.74, 6) is 0.783. The van der Waals surface area contributed by atoms with Gasteiger partial charge in [0.1, 0.15) is 0 Å². The molecule has 14 heavy (non-hydrogen) atoms. The summed E-state index contributed by atoms with van der Waals surface area (Å²) in [6, 6.07) is 0. The molecule has 1 rings (SSSR count). The van der Waals surface area contributed by atoms with Crippen molar-refractivity contribution in [1.29, 1.82) is 0 Å². The largest absolute Gasteiger partial charge is 0.293 e. The van der Waals surface area contributed by atoms with Crippen molar-refractivity contribution in [2.45, 2.75) is 33.7 Å². The minimum atomic E-state index is -0.0789. The standard InChI is InChI=1S/C8H15N5O/c1-4-7(14)9-8-10-11-12-13(8)5-6(2)3/h6H,4-5H2,1-3H3,(H,9,10,12,14). The molecule has 0 aliphatic heterocycles. The van der Waals surface area contributed by atoms with E-state index in [0.29, 0.717) is 24.8 Å². The van der Waals surface area contributed by atoms with Crippen LogP contribution in [0, 0.1) is 5.92 Å². The fourth-order valence-electron chi connectivity index (χ4n) is 0.976. The molecule has 0 aliphatic rings. The first-order chi connectivity index (χ1) is 6.63. The summed E-state index contributed by atoms with van der Waals surface area (Å²) in [5.41, 5.74) is 0. The lowest BCUT2D eigenvalue weighted by atomic mass is 10.2. The van der Waals surface area contributed by atoms with E-state index in [1.807, 2.05) is 0 Å². The molecule has 6 heteroatoms. The van der Waals surface area contributed by atoms with Gasteiger partial charge in [0.15, 0.2) is 0 Å². The molecule has 0 fully saturated rings. The Kier molecular flexibility index (Phi) is 3.55. The molecule has 6 nitrogen and oxygen atoms in total. The van der Waals surface area contributed by atoms with E-state index in [-0.39, 0.29) is 5.91 Å². The SMILES string of the molecule is CCC(=O)Nc1nnnn1CC(C)C. The highest BCUT2D eigenvalue weighted by Crippen LogP contribution is 2.04. The number of hydrogen-bond donors (Lipinski definition) is 1. The highest BCUT2D eigenvalue weighted by Gasteiger charge is 2.09. The van der Waals surface area contributed by atoms with Crippen LogP contribution in [0.5, 0.6) is 0 Å². The number of carbonyl (C=O) groups is 1. The average Bonchev–Trinajstić information content (AvgIpc) is 2.52. The van der Waals surface area contributed by atoms with Crippen molar-refractivity contribution >= 4 is 11.9 Å². The lowest BCUT2D eigenvalue weighted by Crippen LogP contribution is -2.16. The predicted molar refractivity (Wildman–Crippen MR) is 51.6 cm³/mol. The Morgan fingerprint density at radius 3 is 2.86 bits per heavy atom. The van der Waals surface area contributed by atoms with Crippen molar-refractivity contribution in [3.63, 3.8) is 0 Å². The molecule has 1 aromatic rings. The van der Waals surface area contributed by atoms with Gasteiger partial charge in [0, 0.05) is 13.0 Å². The van der Waals surface area contributed by atoms with E-state index in [1.54, 1.807) is 11.6 Å². The maximum Gasteiger partial charge on any atom is 0.249 e. The van der Waals surface area contributed by atoms with Crippen molar-refractivity contribution in [1.82, 2.24) is 20.2 Å². The number of tetrazole rings is 1. The minimum Gasteiger partial charge on any atom is -0.293 e. The van der Waals surface area contributed by atoms with Gasteiger partial charge < -0.3 is 0 Å². The second-order valence-corrected chi connectivity index (χ2v) is 3.48. The first-order valence-corrected chi connectivity index (χ1v) is 4.69. The van der Waals surface area contributed by atoms with E-state index in [2.05, 4.69) is 34.7 Å². The highest BCUT2D eigenvalue weighted by atomic mass is 16.1. The van der Waals surface area contributed by atoms with Crippen LogP contribution in [0.4, 0.5) is 5.95 Å². The van der Waals surface area contributed by atoms with Crippen LogP contribution in [0.3, 0.4) is 0 Å². The Hall–Kier alpha value is -1.46. The first-order valence-electron chi connectivity index (χ1n) is 4.69. The van der Waals surface area contributed by atoms with Crippen LogP contribution in [0.2, 0.25) is 0 Å². The van der Waals surface area contributed by atoms with Crippen molar-refractivity contribution in [3.8, 4) is 0 Å². The monoisotopic (exact) mass is 197 g/mol. The van der Waals surface area contributed by atoms with Gasteiger partial charge in [-0.25, -0.2) is 4.68 Å². The molecule has 0 unspecified atom stereocenters.